The van der Waals surface area contributed by atoms with Crippen molar-refractivity contribution in [1.82, 2.24) is 0 Å². The highest BCUT2D eigenvalue weighted by Crippen LogP contribution is 2.47. The lowest BCUT2D eigenvalue weighted by molar-refractivity contribution is -0.138. The van der Waals surface area contributed by atoms with Crippen molar-refractivity contribution < 1.29 is 9.90 Å². The fourth-order valence-corrected chi connectivity index (χ4v) is 3.37. The molecule has 1 aromatic carbocycles. The summed E-state index contributed by atoms with van der Waals surface area (Å²) in [5.74, 6) is -0.934. The fourth-order valence-electron chi connectivity index (χ4n) is 2.58. The number of rotatable bonds is 1. The minimum Gasteiger partial charge on any atom is -0.480 e. The Bertz CT molecular complexity index is 543. The molecule has 0 saturated heterocycles. The summed E-state index contributed by atoms with van der Waals surface area (Å²) in [4.78, 5) is 15.6. The Morgan fingerprint density at radius 3 is 2.82 bits per heavy atom. The minimum atomic E-state index is -1.17. The number of carboxylic acids is 1. The van der Waals surface area contributed by atoms with Crippen LogP contribution in [0, 0.1) is 0 Å². The molecule has 3 unspecified atom stereocenters. The summed E-state index contributed by atoms with van der Waals surface area (Å²) in [6, 6.07) is 7.86. The molecule has 0 bridgehead atoms. The van der Waals surface area contributed by atoms with E-state index in [4.69, 9.17) is 0 Å². The fraction of sp³-hybridized carbons (Fsp3) is 0.333. The zero-order valence-corrected chi connectivity index (χ0v) is 10.7. The first kappa shape index (κ1) is 11.2. The van der Waals surface area contributed by atoms with Crippen LogP contribution in [0.2, 0.25) is 0 Å². The monoisotopic (exact) mass is 265 g/mol. The summed E-state index contributed by atoms with van der Waals surface area (Å²) in [5, 5.41) is 9.21. The molecule has 88 valence electrons. The van der Waals surface area contributed by atoms with Gasteiger partial charge in [0, 0.05) is 6.42 Å². The van der Waals surface area contributed by atoms with Crippen molar-refractivity contribution in [3.63, 3.8) is 0 Å². The first-order chi connectivity index (χ1) is 8.04. The average molecular weight is 265 g/mol. The molecular formula is C12H11NO2S2. The molecule has 3 rings (SSSR count). The Labute approximate surface area is 110 Å². The van der Waals surface area contributed by atoms with Gasteiger partial charge in [0.05, 0.1) is 11.6 Å². The van der Waals surface area contributed by atoms with E-state index in [0.29, 0.717) is 12.1 Å². The molecule has 0 aromatic heterocycles. The van der Waals surface area contributed by atoms with Crippen molar-refractivity contribution in [2.24, 2.45) is 4.99 Å². The first-order valence-electron chi connectivity index (χ1n) is 5.34. The summed E-state index contributed by atoms with van der Waals surface area (Å²) < 4.78 is -1.17. The van der Waals surface area contributed by atoms with Gasteiger partial charge in [0.2, 0.25) is 0 Å². The van der Waals surface area contributed by atoms with Gasteiger partial charge >= 0.3 is 5.97 Å². The molecule has 0 radical (unpaired) electrons. The highest BCUT2D eigenvalue weighted by Gasteiger charge is 2.53. The molecule has 0 amide bonds. The molecule has 5 heteroatoms. The number of hydrogen-bond acceptors (Lipinski definition) is 4. The molecular weight excluding hydrogens is 254 g/mol. The van der Waals surface area contributed by atoms with Crippen molar-refractivity contribution in [2.45, 2.75) is 22.5 Å². The Morgan fingerprint density at radius 1 is 1.47 bits per heavy atom. The standard InChI is InChI=1S/C12H11NO2S2/c14-11(15)12(17)5-6-3-1-2-4-7(6)8-9(12)13-10(8)16/h1-4,8,10,16-17H,5H2,(H,14,15). The normalized spacial score (nSPS) is 34.1. The number of fused-ring (bicyclic) bond motifs is 3. The number of nitrogens with zero attached hydrogens (tertiary/aromatic N) is 1. The highest BCUT2D eigenvalue weighted by molar-refractivity contribution is 7.84. The summed E-state index contributed by atoms with van der Waals surface area (Å²) >= 11 is 8.71. The second-order valence-electron chi connectivity index (χ2n) is 4.45. The first-order valence-corrected chi connectivity index (χ1v) is 6.30. The van der Waals surface area contributed by atoms with E-state index >= 15 is 0 Å². The topological polar surface area (TPSA) is 49.7 Å². The lowest BCUT2D eigenvalue weighted by Crippen LogP contribution is -2.55. The van der Waals surface area contributed by atoms with E-state index in [1.807, 2.05) is 24.3 Å². The Hall–Kier alpha value is -0.940. The van der Waals surface area contributed by atoms with Crippen LogP contribution in [0.25, 0.3) is 0 Å². The molecule has 1 aliphatic heterocycles. The molecule has 1 N–H and O–H groups in total. The second-order valence-corrected chi connectivity index (χ2v) is 5.74. The van der Waals surface area contributed by atoms with E-state index in [1.165, 1.54) is 0 Å². The highest BCUT2D eigenvalue weighted by atomic mass is 32.1. The van der Waals surface area contributed by atoms with Gasteiger partial charge in [-0.3, -0.25) is 9.79 Å². The van der Waals surface area contributed by atoms with E-state index in [2.05, 4.69) is 30.2 Å². The third-order valence-corrected chi connectivity index (χ3v) is 4.47. The molecule has 0 saturated carbocycles. The maximum atomic E-state index is 11.4. The van der Waals surface area contributed by atoms with Gasteiger partial charge in [-0.05, 0) is 11.1 Å². The number of carboxylic acid groups (broad SMARTS) is 1. The predicted octanol–water partition coefficient (Wildman–Crippen LogP) is 1.79. The predicted molar refractivity (Wildman–Crippen MR) is 72.4 cm³/mol. The van der Waals surface area contributed by atoms with Crippen LogP contribution >= 0.6 is 25.3 Å². The SMILES string of the molecule is O=C(O)C1(S)Cc2ccccc2C2C1=NC2S. The number of aliphatic carboxylic acids is 1. The largest absolute Gasteiger partial charge is 0.480 e. The second kappa shape index (κ2) is 3.53. The average Bonchev–Trinajstić information content (AvgIpc) is 2.27. The number of thiol groups is 2. The van der Waals surface area contributed by atoms with Crippen molar-refractivity contribution >= 4 is 36.9 Å². The van der Waals surface area contributed by atoms with Gasteiger partial charge in [0.25, 0.3) is 0 Å². The van der Waals surface area contributed by atoms with Crippen LogP contribution in [0.15, 0.2) is 29.3 Å². The lowest BCUT2D eigenvalue weighted by Gasteiger charge is -2.44. The van der Waals surface area contributed by atoms with E-state index in [9.17, 15) is 9.90 Å². The van der Waals surface area contributed by atoms with Crippen LogP contribution in [0.3, 0.4) is 0 Å². The van der Waals surface area contributed by atoms with Gasteiger partial charge in [-0.25, -0.2) is 0 Å². The number of carbonyl (C=O) groups is 1. The number of hydrogen-bond donors (Lipinski definition) is 3. The van der Waals surface area contributed by atoms with Crippen molar-refractivity contribution in [3.05, 3.63) is 35.4 Å². The van der Waals surface area contributed by atoms with E-state index in [0.717, 1.165) is 11.1 Å². The van der Waals surface area contributed by atoms with E-state index < -0.39 is 10.7 Å². The zero-order chi connectivity index (χ0) is 12.2. The van der Waals surface area contributed by atoms with Gasteiger partial charge < -0.3 is 5.11 Å². The van der Waals surface area contributed by atoms with Crippen molar-refractivity contribution in [1.29, 1.82) is 0 Å². The molecule has 2 aliphatic rings. The third-order valence-electron chi connectivity index (χ3n) is 3.48. The number of benzene rings is 1. The molecule has 17 heavy (non-hydrogen) atoms. The van der Waals surface area contributed by atoms with Crippen molar-refractivity contribution in [3.8, 4) is 0 Å². The summed E-state index contributed by atoms with van der Waals surface area (Å²) in [6.07, 6.45) is 0.386. The minimum absolute atomic E-state index is 0.00289. The van der Waals surface area contributed by atoms with Gasteiger partial charge in [0.15, 0.2) is 4.75 Å². The van der Waals surface area contributed by atoms with Crippen LogP contribution in [0.1, 0.15) is 17.0 Å². The summed E-state index contributed by atoms with van der Waals surface area (Å²) in [6.45, 7) is 0. The maximum absolute atomic E-state index is 11.4. The maximum Gasteiger partial charge on any atom is 0.325 e. The Kier molecular flexibility index (Phi) is 2.32. The van der Waals surface area contributed by atoms with Crippen LogP contribution in [0.5, 0.6) is 0 Å². The molecule has 0 fully saturated rings. The van der Waals surface area contributed by atoms with Crippen LogP contribution in [0.4, 0.5) is 0 Å². The third kappa shape index (κ3) is 1.39. The van der Waals surface area contributed by atoms with Gasteiger partial charge in [0.1, 0.15) is 5.37 Å². The summed E-state index contributed by atoms with van der Waals surface area (Å²) in [5.41, 5.74) is 2.82. The molecule has 1 aromatic rings. The smallest absolute Gasteiger partial charge is 0.325 e. The molecule has 3 atom stereocenters. The van der Waals surface area contributed by atoms with E-state index in [1.54, 1.807) is 0 Å². The molecule has 1 aliphatic carbocycles. The van der Waals surface area contributed by atoms with E-state index in [-0.39, 0.29) is 11.3 Å². The lowest BCUT2D eigenvalue weighted by atomic mass is 9.71. The zero-order valence-electron chi connectivity index (χ0n) is 8.87. The quantitative estimate of drug-likeness (QED) is 0.678. The summed E-state index contributed by atoms with van der Waals surface area (Å²) in [7, 11) is 0. The van der Waals surface area contributed by atoms with Gasteiger partial charge in [-0.15, -0.1) is 0 Å². The Balaban J connectivity index is 2.18. The van der Waals surface area contributed by atoms with Crippen LogP contribution in [-0.4, -0.2) is 26.9 Å². The van der Waals surface area contributed by atoms with Crippen LogP contribution < -0.4 is 0 Å². The Morgan fingerprint density at radius 2 is 2.18 bits per heavy atom. The molecule has 0 spiro atoms. The van der Waals surface area contributed by atoms with Gasteiger partial charge in [-0.1, -0.05) is 24.3 Å². The van der Waals surface area contributed by atoms with Crippen molar-refractivity contribution in [2.75, 3.05) is 0 Å². The number of aliphatic imine (C=N–C) groups is 1. The van der Waals surface area contributed by atoms with Gasteiger partial charge in [-0.2, -0.15) is 25.3 Å². The molecule has 3 nitrogen and oxygen atoms in total. The molecule has 1 heterocycles. The van der Waals surface area contributed by atoms with Crippen LogP contribution in [-0.2, 0) is 11.2 Å².